The Balaban J connectivity index is 1.26. The van der Waals surface area contributed by atoms with E-state index in [1.165, 1.54) is 0 Å². The van der Waals surface area contributed by atoms with E-state index in [1.54, 1.807) is 50.9 Å². The highest BCUT2D eigenvalue weighted by Gasteiger charge is 2.20. The Bertz CT molecular complexity index is 1080. The van der Waals surface area contributed by atoms with Gasteiger partial charge in [0.15, 0.2) is 5.13 Å². The van der Waals surface area contributed by atoms with Crippen LogP contribution in [0.25, 0.3) is 10.2 Å². The summed E-state index contributed by atoms with van der Waals surface area (Å²) in [4.78, 5) is 22.0. The molecular formula is C23H28N4O4S. The van der Waals surface area contributed by atoms with E-state index in [-0.39, 0.29) is 5.91 Å². The molecule has 0 saturated carbocycles. The number of rotatable bonds is 8. The number of anilines is 1. The number of benzene rings is 2. The Morgan fingerprint density at radius 3 is 2.44 bits per heavy atom. The number of nitrogens with zero attached hydrogens (tertiary/aromatic N) is 3. The smallest absolute Gasteiger partial charge is 0.255 e. The molecule has 0 aliphatic carbocycles. The van der Waals surface area contributed by atoms with Crippen molar-refractivity contribution in [2.24, 2.45) is 0 Å². The number of carbonyl (C=O) groups is 1. The molecule has 3 aromatic rings. The van der Waals surface area contributed by atoms with Crippen molar-refractivity contribution in [3.8, 4) is 17.2 Å². The normalized spacial score (nSPS) is 14.4. The molecule has 1 saturated heterocycles. The third-order valence-corrected chi connectivity index (χ3v) is 6.67. The fourth-order valence-electron chi connectivity index (χ4n) is 3.73. The van der Waals surface area contributed by atoms with Crippen LogP contribution in [0.4, 0.5) is 5.13 Å². The SMILES string of the molecule is COc1ccc(C(=O)NCCN2CCN(c3nc4ccc(OC)cc4s3)CC2)c(OC)c1. The van der Waals surface area contributed by atoms with E-state index in [0.29, 0.717) is 23.6 Å². The van der Waals surface area contributed by atoms with Crippen LogP contribution in [0, 0.1) is 0 Å². The molecule has 2 aromatic carbocycles. The lowest BCUT2D eigenvalue weighted by atomic mass is 10.1. The number of piperazine rings is 1. The van der Waals surface area contributed by atoms with Crippen LogP contribution in [0.1, 0.15) is 10.4 Å². The number of hydrogen-bond acceptors (Lipinski definition) is 8. The molecule has 170 valence electrons. The molecule has 0 atom stereocenters. The van der Waals surface area contributed by atoms with Crippen LogP contribution >= 0.6 is 11.3 Å². The van der Waals surface area contributed by atoms with Gasteiger partial charge >= 0.3 is 0 Å². The maximum absolute atomic E-state index is 12.6. The van der Waals surface area contributed by atoms with Crippen molar-refractivity contribution in [1.82, 2.24) is 15.2 Å². The van der Waals surface area contributed by atoms with Crippen LogP contribution in [0.2, 0.25) is 0 Å². The van der Waals surface area contributed by atoms with Crippen LogP contribution in [0.3, 0.4) is 0 Å². The van der Waals surface area contributed by atoms with E-state index in [1.807, 2.05) is 18.2 Å². The fraction of sp³-hybridized carbons (Fsp3) is 0.391. The van der Waals surface area contributed by atoms with E-state index >= 15 is 0 Å². The average molecular weight is 457 g/mol. The molecular weight excluding hydrogens is 428 g/mol. The van der Waals surface area contributed by atoms with Gasteiger partial charge in [0, 0.05) is 45.3 Å². The second-order valence-corrected chi connectivity index (χ2v) is 8.49. The number of fused-ring (bicyclic) bond motifs is 1. The Labute approximate surface area is 191 Å². The zero-order valence-corrected chi connectivity index (χ0v) is 19.4. The number of carbonyl (C=O) groups excluding carboxylic acids is 1. The molecule has 1 fully saturated rings. The predicted octanol–water partition coefficient (Wildman–Crippen LogP) is 2.87. The molecule has 0 spiro atoms. The molecule has 2 heterocycles. The van der Waals surface area contributed by atoms with Gasteiger partial charge in [-0.1, -0.05) is 11.3 Å². The average Bonchev–Trinajstić information content (AvgIpc) is 3.27. The van der Waals surface area contributed by atoms with Gasteiger partial charge in [-0.25, -0.2) is 4.98 Å². The van der Waals surface area contributed by atoms with Crippen molar-refractivity contribution in [3.63, 3.8) is 0 Å². The molecule has 0 unspecified atom stereocenters. The van der Waals surface area contributed by atoms with Gasteiger partial charge in [-0.3, -0.25) is 9.69 Å². The van der Waals surface area contributed by atoms with Crippen LogP contribution < -0.4 is 24.4 Å². The summed E-state index contributed by atoms with van der Waals surface area (Å²) in [5, 5.41) is 4.04. The lowest BCUT2D eigenvalue weighted by Gasteiger charge is -2.34. The van der Waals surface area contributed by atoms with E-state index < -0.39 is 0 Å². The van der Waals surface area contributed by atoms with Crippen molar-refractivity contribution >= 4 is 32.6 Å². The summed E-state index contributed by atoms with van der Waals surface area (Å²) in [7, 11) is 4.81. The molecule has 1 aromatic heterocycles. The quantitative estimate of drug-likeness (QED) is 0.559. The summed E-state index contributed by atoms with van der Waals surface area (Å²) in [5.41, 5.74) is 1.51. The Hall–Kier alpha value is -3.04. The third-order valence-electron chi connectivity index (χ3n) is 5.59. The number of aromatic nitrogens is 1. The van der Waals surface area contributed by atoms with Crippen LogP contribution in [0.5, 0.6) is 17.2 Å². The summed E-state index contributed by atoms with van der Waals surface area (Å²) >= 11 is 1.70. The van der Waals surface area contributed by atoms with E-state index in [9.17, 15) is 4.79 Å². The minimum atomic E-state index is -0.145. The molecule has 9 heteroatoms. The summed E-state index contributed by atoms with van der Waals surface area (Å²) in [6.45, 7) is 5.07. The molecule has 1 amide bonds. The van der Waals surface area contributed by atoms with Crippen LogP contribution in [0.15, 0.2) is 36.4 Å². The number of ether oxygens (including phenoxy) is 3. The number of methoxy groups -OCH3 is 3. The molecule has 1 aliphatic rings. The van der Waals surface area contributed by atoms with Gasteiger partial charge in [-0.2, -0.15) is 0 Å². The first-order valence-electron chi connectivity index (χ1n) is 10.5. The Morgan fingerprint density at radius 2 is 1.72 bits per heavy atom. The van der Waals surface area contributed by atoms with Gasteiger partial charge in [0.05, 0.1) is 37.1 Å². The fourth-order valence-corrected chi connectivity index (χ4v) is 4.77. The van der Waals surface area contributed by atoms with Gasteiger partial charge in [0.25, 0.3) is 5.91 Å². The summed E-state index contributed by atoms with van der Waals surface area (Å²) < 4.78 is 17.0. The number of nitrogens with one attached hydrogen (secondary N) is 1. The maximum atomic E-state index is 12.6. The summed E-state index contributed by atoms with van der Waals surface area (Å²) in [6.07, 6.45) is 0. The van der Waals surface area contributed by atoms with E-state index in [2.05, 4.69) is 15.1 Å². The van der Waals surface area contributed by atoms with E-state index in [4.69, 9.17) is 19.2 Å². The van der Waals surface area contributed by atoms with E-state index in [0.717, 1.165) is 53.8 Å². The first kappa shape index (κ1) is 22.2. The second kappa shape index (κ2) is 10.1. The summed E-state index contributed by atoms with van der Waals surface area (Å²) in [6, 6.07) is 11.2. The molecule has 0 radical (unpaired) electrons. The zero-order valence-electron chi connectivity index (χ0n) is 18.6. The van der Waals surface area contributed by atoms with Crippen molar-refractivity contribution in [1.29, 1.82) is 0 Å². The highest BCUT2D eigenvalue weighted by molar-refractivity contribution is 7.22. The Kier molecular flexibility index (Phi) is 6.96. The van der Waals surface area contributed by atoms with Crippen molar-refractivity contribution in [2.75, 3.05) is 65.5 Å². The van der Waals surface area contributed by atoms with Gasteiger partial charge in [-0.05, 0) is 30.3 Å². The monoisotopic (exact) mass is 456 g/mol. The van der Waals surface area contributed by atoms with Crippen molar-refractivity contribution < 1.29 is 19.0 Å². The zero-order chi connectivity index (χ0) is 22.5. The number of hydrogen-bond donors (Lipinski definition) is 1. The lowest BCUT2D eigenvalue weighted by Crippen LogP contribution is -2.48. The molecule has 0 bridgehead atoms. The van der Waals surface area contributed by atoms with Crippen LogP contribution in [-0.2, 0) is 0 Å². The minimum absolute atomic E-state index is 0.145. The van der Waals surface area contributed by atoms with Gasteiger partial charge in [-0.15, -0.1) is 0 Å². The third kappa shape index (κ3) is 4.89. The first-order chi connectivity index (χ1) is 15.6. The molecule has 1 aliphatic heterocycles. The largest absolute Gasteiger partial charge is 0.497 e. The number of amides is 1. The lowest BCUT2D eigenvalue weighted by molar-refractivity contribution is 0.0944. The first-order valence-corrected chi connectivity index (χ1v) is 11.3. The summed E-state index contributed by atoms with van der Waals surface area (Å²) in [5.74, 6) is 1.87. The highest BCUT2D eigenvalue weighted by atomic mass is 32.1. The number of thiazole rings is 1. The molecule has 32 heavy (non-hydrogen) atoms. The molecule has 1 N–H and O–H groups in total. The maximum Gasteiger partial charge on any atom is 0.255 e. The highest BCUT2D eigenvalue weighted by Crippen LogP contribution is 2.31. The standard InChI is InChI=1S/C23H28N4O4S/c1-29-16-4-6-18(20(14-16)31-3)22(28)24-8-9-26-10-12-27(13-11-26)23-25-19-7-5-17(30-2)15-21(19)32-23/h4-7,14-15H,8-13H2,1-3H3,(H,24,28). The van der Waals surface area contributed by atoms with Crippen LogP contribution in [-0.4, -0.2) is 76.4 Å². The molecule has 4 rings (SSSR count). The van der Waals surface area contributed by atoms with Crippen molar-refractivity contribution in [2.45, 2.75) is 0 Å². The predicted molar refractivity (Wildman–Crippen MR) is 127 cm³/mol. The van der Waals surface area contributed by atoms with Gasteiger partial charge in [0.2, 0.25) is 0 Å². The topological polar surface area (TPSA) is 76.2 Å². The van der Waals surface area contributed by atoms with Gasteiger partial charge < -0.3 is 24.4 Å². The minimum Gasteiger partial charge on any atom is -0.497 e. The Morgan fingerprint density at radius 1 is 1.00 bits per heavy atom. The van der Waals surface area contributed by atoms with Crippen molar-refractivity contribution in [3.05, 3.63) is 42.0 Å². The second-order valence-electron chi connectivity index (χ2n) is 7.48. The molecule has 8 nitrogen and oxygen atoms in total. The van der Waals surface area contributed by atoms with Gasteiger partial charge in [0.1, 0.15) is 17.2 Å².